The Balaban J connectivity index is 1.31. The van der Waals surface area contributed by atoms with Gasteiger partial charge in [0.25, 0.3) is 34.1 Å². The van der Waals surface area contributed by atoms with Crippen molar-refractivity contribution in [2.24, 2.45) is 21.1 Å². The molecule has 0 N–H and O–H groups in total. The number of aromatic nitrogens is 6. The van der Waals surface area contributed by atoms with Crippen LogP contribution in [-0.2, 0) is 79.5 Å². The van der Waals surface area contributed by atoms with Gasteiger partial charge in [-0.15, -0.1) is 0 Å². The molecule has 30 heteroatoms. The topological polar surface area (TPSA) is 368 Å². The Hall–Kier alpha value is -11.9. The third kappa shape index (κ3) is 12.8. The Kier molecular flexibility index (Phi) is 17.4. The van der Waals surface area contributed by atoms with E-state index in [-0.39, 0.29) is 160 Å². The first kappa shape index (κ1) is 61.2. The van der Waals surface area contributed by atoms with Crippen LogP contribution in [0.3, 0.4) is 0 Å². The van der Waals surface area contributed by atoms with Crippen molar-refractivity contribution in [2.45, 2.75) is 58.3 Å². The lowest BCUT2D eigenvalue weighted by Crippen LogP contribution is -2.11. The van der Waals surface area contributed by atoms with Crippen molar-refractivity contribution in [3.8, 4) is 34.5 Å². The Morgan fingerprint density at radius 1 is 0.322 bits per heavy atom. The highest BCUT2D eigenvalue weighted by molar-refractivity contribution is 5.64. The largest absolute Gasteiger partial charge is 0.496 e. The minimum atomic E-state index is -0.668. The van der Waals surface area contributed by atoms with Gasteiger partial charge in [0.15, 0.2) is 0 Å². The predicted octanol–water partition coefficient (Wildman–Crippen LogP) is 9.96. The molecule has 1 aliphatic rings. The second-order valence-electron chi connectivity index (χ2n) is 21.0. The third-order valence-electron chi connectivity index (χ3n) is 15.3. The summed E-state index contributed by atoms with van der Waals surface area (Å²) in [5, 5.41) is 78.4. The zero-order valence-corrected chi connectivity index (χ0v) is 49.0. The van der Waals surface area contributed by atoms with Gasteiger partial charge in [-0.05, 0) is 0 Å². The molecule has 10 rings (SSSR count). The Bertz CT molecular complexity index is 3800. The van der Waals surface area contributed by atoms with E-state index in [1.54, 1.807) is 53.4 Å². The van der Waals surface area contributed by atoms with E-state index in [4.69, 9.17) is 28.4 Å². The molecular weight excluding hydrogens is 1180 g/mol. The number of ether oxygens (including phenoxy) is 6. The minimum absolute atomic E-state index is 0.00346. The van der Waals surface area contributed by atoms with E-state index in [2.05, 4.69) is 15.0 Å². The van der Waals surface area contributed by atoms with Gasteiger partial charge >= 0.3 is 0 Å². The Morgan fingerprint density at radius 3 is 0.622 bits per heavy atom. The summed E-state index contributed by atoms with van der Waals surface area (Å²) >= 11 is 0. The van der Waals surface area contributed by atoms with Crippen molar-refractivity contribution in [1.82, 2.24) is 28.7 Å². The molecular formula is C60H54N12O18. The first-order valence-corrected chi connectivity index (χ1v) is 27.3. The number of hydrogen-bond acceptors (Lipinski definition) is 21. The number of imidazole rings is 3. The second kappa shape index (κ2) is 25.6. The molecule has 6 aromatic carbocycles. The summed E-state index contributed by atoms with van der Waals surface area (Å²) in [6.45, 7) is -0.735. The number of rotatable bonds is 18. The van der Waals surface area contributed by atoms with E-state index in [9.17, 15) is 60.7 Å². The maximum atomic E-state index is 13.1. The summed E-state index contributed by atoms with van der Waals surface area (Å²) in [7, 11) is 9.00. The van der Waals surface area contributed by atoms with Gasteiger partial charge < -0.3 is 42.1 Å². The highest BCUT2D eigenvalue weighted by Crippen LogP contribution is 2.45. The molecule has 0 unspecified atom stereocenters. The molecule has 0 fully saturated rings. The van der Waals surface area contributed by atoms with Crippen molar-refractivity contribution in [3.63, 3.8) is 0 Å². The van der Waals surface area contributed by atoms with Gasteiger partial charge in [-0.25, -0.2) is 15.0 Å². The number of nitro benzene ring substituents is 6. The molecule has 9 aromatic rings. The number of benzene rings is 6. The molecule has 30 nitrogen and oxygen atoms in total. The minimum Gasteiger partial charge on any atom is -0.496 e. The van der Waals surface area contributed by atoms with E-state index in [1.165, 1.54) is 113 Å². The van der Waals surface area contributed by atoms with Crippen molar-refractivity contribution in [2.75, 3.05) is 21.3 Å². The van der Waals surface area contributed by atoms with Crippen molar-refractivity contribution in [1.29, 1.82) is 0 Å². The first-order chi connectivity index (χ1) is 43.1. The predicted molar refractivity (Wildman–Crippen MR) is 318 cm³/mol. The lowest BCUT2D eigenvalue weighted by atomic mass is 9.90. The molecule has 0 spiro atoms. The summed E-state index contributed by atoms with van der Waals surface area (Å²) in [5.41, 5.74) is -1.86. The summed E-state index contributed by atoms with van der Waals surface area (Å²) in [4.78, 5) is 87.6. The van der Waals surface area contributed by atoms with E-state index in [1.807, 2.05) is 0 Å². The summed E-state index contributed by atoms with van der Waals surface area (Å²) in [6.07, 6.45) is 7.25. The molecule has 0 atom stereocenters. The van der Waals surface area contributed by atoms with E-state index >= 15 is 0 Å². The van der Waals surface area contributed by atoms with Crippen molar-refractivity contribution >= 4 is 34.1 Å². The molecule has 462 valence electrons. The quantitative estimate of drug-likeness (QED) is 0.0569. The van der Waals surface area contributed by atoms with Gasteiger partial charge in [0, 0.05) is 236 Å². The van der Waals surface area contributed by atoms with Crippen LogP contribution in [0.1, 0.15) is 84.2 Å². The van der Waals surface area contributed by atoms with Crippen LogP contribution in [-0.4, -0.2) is 79.5 Å². The Labute approximate surface area is 509 Å². The van der Waals surface area contributed by atoms with Crippen LogP contribution in [0.25, 0.3) is 0 Å². The molecule has 0 saturated heterocycles. The van der Waals surface area contributed by atoms with Gasteiger partial charge in [-0.3, -0.25) is 60.7 Å². The van der Waals surface area contributed by atoms with Crippen LogP contribution in [0.15, 0.2) is 110 Å². The van der Waals surface area contributed by atoms with Crippen LogP contribution < -0.4 is 28.4 Å². The number of non-ortho nitro benzene ring substituents is 6. The molecule has 90 heavy (non-hydrogen) atoms. The van der Waals surface area contributed by atoms with Gasteiger partial charge in [0.2, 0.25) is 0 Å². The number of nitro groups is 6. The Morgan fingerprint density at radius 2 is 0.489 bits per heavy atom. The van der Waals surface area contributed by atoms with Crippen LogP contribution in [0.2, 0.25) is 0 Å². The second-order valence-corrected chi connectivity index (χ2v) is 21.0. The van der Waals surface area contributed by atoms with E-state index in [0.717, 1.165) is 0 Å². The summed E-state index contributed by atoms with van der Waals surface area (Å²) < 4.78 is 43.1. The number of methoxy groups -OCH3 is 3. The average Bonchev–Trinajstić information content (AvgIpc) is 1.02. The van der Waals surface area contributed by atoms with Crippen molar-refractivity contribution < 1.29 is 58.0 Å². The highest BCUT2D eigenvalue weighted by atomic mass is 16.6. The van der Waals surface area contributed by atoms with E-state index < -0.39 is 63.7 Å². The molecule has 1 aliphatic carbocycles. The third-order valence-corrected chi connectivity index (χ3v) is 15.3. The van der Waals surface area contributed by atoms with Crippen LogP contribution in [0.5, 0.6) is 34.5 Å². The SMILES string of the molecule is COc1c2cc([N+](=O)[O-])cc1Cc1cc([N+](=O)[O-])cc(c1OCc1nccn1C)Cc1cc([N+](=O)[O-])cc(c1OC)Cc1cc([N+](=O)[O-])cc(c1OCc1nccn1C)Cc1cc([N+](=O)[O-])cc(c1OC)Cc1cc([N+](=O)[O-])cc(c1OCc1nccn1C)C2. The summed E-state index contributed by atoms with van der Waals surface area (Å²) in [5.74, 6) is 1.25. The van der Waals surface area contributed by atoms with Gasteiger partial charge in [0.05, 0.1) is 50.9 Å². The van der Waals surface area contributed by atoms with Gasteiger partial charge in [0.1, 0.15) is 71.8 Å². The molecule has 0 saturated carbocycles. The average molecular weight is 1230 g/mol. The highest BCUT2D eigenvalue weighted by Gasteiger charge is 2.31. The zero-order chi connectivity index (χ0) is 64.2. The molecule has 3 heterocycles. The van der Waals surface area contributed by atoms with E-state index in [0.29, 0.717) is 17.5 Å². The smallest absolute Gasteiger partial charge is 0.270 e. The van der Waals surface area contributed by atoms with Crippen LogP contribution >= 0.6 is 0 Å². The summed E-state index contributed by atoms with van der Waals surface area (Å²) in [6, 6.07) is 14.5. The molecule has 0 aliphatic heterocycles. The van der Waals surface area contributed by atoms with Gasteiger partial charge in [-0.1, -0.05) is 0 Å². The fourth-order valence-electron chi connectivity index (χ4n) is 11.2. The van der Waals surface area contributed by atoms with Crippen LogP contribution in [0, 0.1) is 60.7 Å². The lowest BCUT2D eigenvalue weighted by Gasteiger charge is -2.22. The maximum absolute atomic E-state index is 13.1. The fraction of sp³-hybridized carbons (Fsp3) is 0.250. The monoisotopic (exact) mass is 1230 g/mol. The molecule has 0 amide bonds. The number of nitrogens with zero attached hydrogens (tertiary/aromatic N) is 12. The molecule has 3 aromatic heterocycles. The molecule has 12 bridgehead atoms. The number of aryl methyl sites for hydroxylation is 3. The van der Waals surface area contributed by atoms with Crippen LogP contribution in [0.4, 0.5) is 34.1 Å². The lowest BCUT2D eigenvalue weighted by molar-refractivity contribution is -0.385. The van der Waals surface area contributed by atoms with Gasteiger partial charge in [-0.2, -0.15) is 0 Å². The zero-order valence-electron chi connectivity index (χ0n) is 49.0. The number of fused-ring (bicyclic) bond motifs is 12. The maximum Gasteiger partial charge on any atom is 0.270 e. The number of hydrogen-bond donors (Lipinski definition) is 0. The first-order valence-electron chi connectivity index (χ1n) is 27.3. The molecule has 0 radical (unpaired) electrons. The normalized spacial score (nSPS) is 12.1. The van der Waals surface area contributed by atoms with Crippen molar-refractivity contribution in [3.05, 3.63) is 255 Å². The standard InChI is InChI=1S/C60H54N12O18/c1-64-10-7-61-52(64)31-88-58-40-13-34-19-46(67(73)74)21-36(55(34)85-4)15-42-27-50(71(81)82)29-44(59(42)89-32-53-62-8-11-65(53)2)17-38-23-48(69(77)78)24-39(57(38)87-6)18-45-30-51(72(83)84)28-43(60(45)90-33-54-63-9-12-66(54)3)16-37-22-47(68(75)76)20-35(56(37)86-5)14-41(58)26-49(25-40)70(79)80/h7-12,19-30H,13-18,31-33H2,1-6H3. The fourth-order valence-corrected chi connectivity index (χ4v) is 11.2.